The Morgan fingerprint density at radius 2 is 0.414 bits per heavy atom. The van der Waals surface area contributed by atoms with Crippen LogP contribution in [0.3, 0.4) is 0 Å². The molecule has 2 aliphatic rings. The Bertz CT molecular complexity index is 1640. The highest BCUT2D eigenvalue weighted by molar-refractivity contribution is 8.32. The van der Waals surface area contributed by atoms with Gasteiger partial charge in [-0.05, 0) is 91.9 Å². The highest BCUT2D eigenvalue weighted by Gasteiger charge is 2.52. The van der Waals surface area contributed by atoms with E-state index in [0.717, 1.165) is 26.2 Å². The summed E-state index contributed by atoms with van der Waals surface area (Å²) in [5, 5.41) is 0. The molecule has 58 heavy (non-hydrogen) atoms. The zero-order valence-corrected chi connectivity index (χ0v) is 40.8. The van der Waals surface area contributed by atoms with Gasteiger partial charge in [0.25, 0.3) is 0 Å². The van der Waals surface area contributed by atoms with Gasteiger partial charge in [0.2, 0.25) is 0 Å². The zero-order valence-electron chi connectivity index (χ0n) is 39.1. The second-order valence-corrected chi connectivity index (χ2v) is 24.6. The summed E-state index contributed by atoms with van der Waals surface area (Å²) in [5.74, 6) is 3.34. The summed E-state index contributed by atoms with van der Waals surface area (Å²) < 4.78 is 12.0. The normalized spacial score (nSPS) is 15.9. The summed E-state index contributed by atoms with van der Waals surface area (Å²) in [6.07, 6.45) is 0. The van der Waals surface area contributed by atoms with Crippen molar-refractivity contribution >= 4 is 38.6 Å². The highest BCUT2D eigenvalue weighted by Crippen LogP contribution is 2.82. The Hall–Kier alpha value is -3.06. The van der Waals surface area contributed by atoms with Crippen molar-refractivity contribution < 1.29 is 0 Å². The summed E-state index contributed by atoms with van der Waals surface area (Å²) in [6.45, 7) is 42.6. The van der Waals surface area contributed by atoms with Gasteiger partial charge in [0, 0.05) is 48.9 Å². The third kappa shape index (κ3) is 8.33. The molecule has 6 rings (SSSR count). The maximum Gasteiger partial charge on any atom is 0.166 e. The first kappa shape index (κ1) is 44.5. The molecule has 0 unspecified atom stereocenters. The molecule has 0 bridgehead atoms. The number of hydrogen-bond donors (Lipinski definition) is 0. The van der Waals surface area contributed by atoms with Crippen molar-refractivity contribution in [2.75, 3.05) is 44.9 Å². The van der Waals surface area contributed by atoms with E-state index in [9.17, 15) is 0 Å². The van der Waals surface area contributed by atoms with Crippen molar-refractivity contribution in [1.29, 1.82) is 0 Å². The van der Waals surface area contributed by atoms with Crippen LogP contribution >= 0.6 is 15.8 Å². The Balaban J connectivity index is 1.78. The molecule has 2 fully saturated rings. The Morgan fingerprint density at radius 3 is 0.534 bits per heavy atom. The van der Waals surface area contributed by atoms with Crippen LogP contribution in [0.2, 0.25) is 0 Å². The van der Waals surface area contributed by atoms with E-state index in [2.05, 4.69) is 202 Å². The van der Waals surface area contributed by atoms with Crippen LogP contribution in [0.25, 0.3) is 0 Å². The van der Waals surface area contributed by atoms with Crippen molar-refractivity contribution in [1.82, 2.24) is 0 Å². The summed E-state index contributed by atoms with van der Waals surface area (Å²) in [5.41, 5.74) is 17.9. The topological polar surface area (TPSA) is 13.0 Å². The quantitative estimate of drug-likeness (QED) is 0.125. The average molecular weight is 819 g/mol. The van der Waals surface area contributed by atoms with Crippen molar-refractivity contribution in [3.63, 3.8) is 0 Å². The van der Waals surface area contributed by atoms with Gasteiger partial charge in [-0.2, -0.15) is 0 Å². The summed E-state index contributed by atoms with van der Waals surface area (Å²) in [4.78, 5) is 0. The van der Waals surface area contributed by atoms with Gasteiger partial charge in [-0.3, -0.25) is 0 Å². The lowest BCUT2D eigenvalue weighted by molar-refractivity contribution is 0.821. The van der Waals surface area contributed by atoms with E-state index < -0.39 is 15.8 Å². The van der Waals surface area contributed by atoms with Gasteiger partial charge < -0.3 is 18.7 Å². The van der Waals surface area contributed by atoms with E-state index in [-0.39, 0.29) is 0 Å². The minimum absolute atomic E-state index is 0.417. The first-order valence-electron chi connectivity index (χ1n) is 22.7. The first-order chi connectivity index (χ1) is 27.5. The molecule has 314 valence electrons. The molecule has 0 N–H and O–H groups in total. The first-order valence-corrected chi connectivity index (χ1v) is 25.9. The van der Waals surface area contributed by atoms with E-state index in [1.807, 2.05) is 0 Å². The summed E-state index contributed by atoms with van der Waals surface area (Å²) >= 11 is 0. The molecule has 0 aliphatic carbocycles. The fourth-order valence-corrected chi connectivity index (χ4v) is 17.9. The lowest BCUT2D eigenvalue weighted by Gasteiger charge is -2.46. The standard InChI is InChI=1S/C52H76N4P2/c1-33(2)41-21-17-22-42(34(3)4)49(41)53-29-30-54(50-43(35(5)6)23-18-24-44(50)36(7)8)57(53)58-55(51-45(37(9)10)25-19-26-46(51)38(11)12)31-32-56(58)52-47(39(13)14)27-20-28-48(52)40(15)16/h17-28,33-40H,29-32H2,1-16H3. The molecule has 0 atom stereocenters. The lowest BCUT2D eigenvalue weighted by Crippen LogP contribution is -2.27. The minimum atomic E-state index is -0.959. The summed E-state index contributed by atoms with van der Waals surface area (Å²) in [7, 11) is -1.92. The Labute approximate surface area is 357 Å². The van der Waals surface area contributed by atoms with Gasteiger partial charge >= 0.3 is 0 Å². The zero-order chi connectivity index (χ0) is 42.3. The number of para-hydroxylation sites is 4. The van der Waals surface area contributed by atoms with Gasteiger partial charge in [0.1, 0.15) is 0 Å². The molecule has 0 radical (unpaired) electrons. The molecule has 4 aromatic rings. The van der Waals surface area contributed by atoms with Gasteiger partial charge in [-0.1, -0.05) is 184 Å². The number of rotatable bonds is 13. The minimum Gasteiger partial charge on any atom is -0.325 e. The van der Waals surface area contributed by atoms with E-state index in [1.165, 1.54) is 67.3 Å². The second-order valence-electron chi connectivity index (χ2n) is 19.4. The van der Waals surface area contributed by atoms with Crippen LogP contribution in [0.15, 0.2) is 72.8 Å². The van der Waals surface area contributed by atoms with Crippen LogP contribution in [-0.4, -0.2) is 26.2 Å². The largest absolute Gasteiger partial charge is 0.325 e. The molecule has 2 heterocycles. The van der Waals surface area contributed by atoms with Gasteiger partial charge in [-0.15, -0.1) is 0 Å². The van der Waals surface area contributed by atoms with Crippen molar-refractivity contribution in [3.8, 4) is 0 Å². The van der Waals surface area contributed by atoms with Crippen LogP contribution in [0.4, 0.5) is 22.7 Å². The molecule has 6 heteroatoms. The fourth-order valence-electron chi connectivity index (χ4n) is 9.43. The van der Waals surface area contributed by atoms with E-state index in [4.69, 9.17) is 0 Å². The van der Waals surface area contributed by atoms with Crippen LogP contribution in [-0.2, 0) is 0 Å². The molecular weight excluding hydrogens is 743 g/mol. The molecule has 0 aromatic heterocycles. The Morgan fingerprint density at radius 1 is 0.276 bits per heavy atom. The van der Waals surface area contributed by atoms with Crippen molar-refractivity contribution in [2.24, 2.45) is 0 Å². The third-order valence-corrected chi connectivity index (χ3v) is 19.7. The number of nitrogens with zero attached hydrogens (tertiary/aromatic N) is 4. The van der Waals surface area contributed by atoms with Crippen LogP contribution < -0.4 is 18.7 Å². The average Bonchev–Trinajstić information content (AvgIpc) is 3.80. The molecule has 2 aliphatic heterocycles. The van der Waals surface area contributed by atoms with Gasteiger partial charge in [0.05, 0.1) is 0 Å². The maximum absolute atomic E-state index is 3.00. The smallest absolute Gasteiger partial charge is 0.166 e. The molecule has 4 nitrogen and oxygen atoms in total. The van der Waals surface area contributed by atoms with Gasteiger partial charge in [-0.25, -0.2) is 0 Å². The number of benzene rings is 4. The Kier molecular flexibility index (Phi) is 14.0. The fraction of sp³-hybridized carbons (Fsp3) is 0.538. The molecule has 0 amide bonds. The summed E-state index contributed by atoms with van der Waals surface area (Å²) in [6, 6.07) is 28.9. The van der Waals surface area contributed by atoms with E-state index in [1.54, 1.807) is 0 Å². The predicted octanol–water partition coefficient (Wildman–Crippen LogP) is 16.6. The predicted molar refractivity (Wildman–Crippen MR) is 262 cm³/mol. The van der Waals surface area contributed by atoms with E-state index >= 15 is 0 Å². The van der Waals surface area contributed by atoms with Crippen LogP contribution in [0.5, 0.6) is 0 Å². The maximum atomic E-state index is 3.00. The number of anilines is 4. The molecule has 0 saturated carbocycles. The SMILES string of the molecule is CC(C)c1cccc(C(C)C)c1N1CCN(c2c(C(C)C)cccc2C(C)C)P1P1N(c2c(C(C)C)cccc2C(C)C)CCN1c1c(C(C)C)cccc1C(C)C. The molecule has 4 aromatic carbocycles. The van der Waals surface area contributed by atoms with E-state index in [0.29, 0.717) is 47.3 Å². The molecule has 0 spiro atoms. The molecular formula is C52H76N4P2. The van der Waals surface area contributed by atoms with Gasteiger partial charge in [0.15, 0.2) is 15.8 Å². The van der Waals surface area contributed by atoms with Crippen molar-refractivity contribution in [2.45, 2.75) is 158 Å². The highest BCUT2D eigenvalue weighted by atomic mass is 32.1. The van der Waals surface area contributed by atoms with Crippen molar-refractivity contribution in [3.05, 3.63) is 117 Å². The number of hydrogen-bond acceptors (Lipinski definition) is 4. The third-order valence-electron chi connectivity index (χ3n) is 12.5. The lowest BCUT2D eigenvalue weighted by atomic mass is 9.92. The monoisotopic (exact) mass is 819 g/mol. The molecule has 2 saturated heterocycles. The van der Waals surface area contributed by atoms with Crippen LogP contribution in [0, 0.1) is 0 Å². The second kappa shape index (κ2) is 18.3. The van der Waals surface area contributed by atoms with Crippen LogP contribution in [0.1, 0.15) is 203 Å².